The van der Waals surface area contributed by atoms with E-state index < -0.39 is 0 Å². The Labute approximate surface area is 85.8 Å². The van der Waals surface area contributed by atoms with Crippen molar-refractivity contribution in [2.24, 2.45) is 5.73 Å². The minimum atomic E-state index is -0.355. The zero-order valence-electron chi connectivity index (χ0n) is 7.97. The number of pyridine rings is 1. The molecular formula is C9H10FN5. The molecule has 0 unspecified atom stereocenters. The monoisotopic (exact) mass is 207 g/mol. The highest BCUT2D eigenvalue weighted by Crippen LogP contribution is 2.02. The van der Waals surface area contributed by atoms with Crippen molar-refractivity contribution in [2.75, 3.05) is 0 Å². The zero-order valence-corrected chi connectivity index (χ0v) is 7.97. The highest BCUT2D eigenvalue weighted by atomic mass is 19.1. The molecule has 0 aliphatic rings. The van der Waals surface area contributed by atoms with Crippen LogP contribution in [0, 0.1) is 5.82 Å². The fourth-order valence-corrected chi connectivity index (χ4v) is 1.23. The van der Waals surface area contributed by atoms with E-state index in [4.69, 9.17) is 5.73 Å². The van der Waals surface area contributed by atoms with E-state index in [0.717, 1.165) is 11.8 Å². The summed E-state index contributed by atoms with van der Waals surface area (Å²) >= 11 is 0. The summed E-state index contributed by atoms with van der Waals surface area (Å²) in [6.45, 7) is 0.742. The summed E-state index contributed by atoms with van der Waals surface area (Å²) in [7, 11) is 0. The van der Waals surface area contributed by atoms with Crippen LogP contribution < -0.4 is 5.73 Å². The quantitative estimate of drug-likeness (QED) is 0.786. The van der Waals surface area contributed by atoms with Crippen LogP contribution in [-0.4, -0.2) is 19.7 Å². The van der Waals surface area contributed by atoms with Crippen molar-refractivity contribution in [1.82, 2.24) is 19.7 Å². The number of hydrogen-bond acceptors (Lipinski definition) is 4. The topological polar surface area (TPSA) is 69.6 Å². The Morgan fingerprint density at radius 2 is 2.27 bits per heavy atom. The zero-order chi connectivity index (χ0) is 10.7. The Hall–Kier alpha value is -1.82. The summed E-state index contributed by atoms with van der Waals surface area (Å²) in [6.07, 6.45) is 4.32. The van der Waals surface area contributed by atoms with Gasteiger partial charge in [0.25, 0.3) is 0 Å². The van der Waals surface area contributed by atoms with Gasteiger partial charge in [-0.3, -0.25) is 4.98 Å². The van der Waals surface area contributed by atoms with Crippen LogP contribution in [0.4, 0.5) is 4.39 Å². The van der Waals surface area contributed by atoms with E-state index in [9.17, 15) is 4.39 Å². The van der Waals surface area contributed by atoms with Crippen molar-refractivity contribution in [2.45, 2.75) is 13.1 Å². The van der Waals surface area contributed by atoms with Gasteiger partial charge < -0.3 is 5.73 Å². The summed E-state index contributed by atoms with van der Waals surface area (Å²) in [6, 6.07) is 1.41. The standard InChI is InChI=1S/C9H10FN5/c10-8-1-7(3-12-4-8)5-15-6-13-9(2-11)14-15/h1,3-4,6H,2,5,11H2. The number of aromatic nitrogens is 4. The maximum atomic E-state index is 12.8. The molecule has 2 aromatic heterocycles. The van der Waals surface area contributed by atoms with E-state index in [0.29, 0.717) is 18.9 Å². The van der Waals surface area contributed by atoms with Crippen LogP contribution in [0.1, 0.15) is 11.4 Å². The maximum absolute atomic E-state index is 12.8. The largest absolute Gasteiger partial charge is 0.324 e. The lowest BCUT2D eigenvalue weighted by molar-refractivity contribution is 0.610. The molecule has 0 bridgehead atoms. The third-order valence-corrected chi connectivity index (χ3v) is 1.87. The molecule has 15 heavy (non-hydrogen) atoms. The number of nitrogens with two attached hydrogens (primary N) is 1. The minimum Gasteiger partial charge on any atom is -0.324 e. The molecule has 0 aliphatic heterocycles. The number of halogens is 1. The SMILES string of the molecule is NCc1ncn(Cc2cncc(F)c2)n1. The molecule has 5 nitrogen and oxygen atoms in total. The lowest BCUT2D eigenvalue weighted by Crippen LogP contribution is -2.04. The highest BCUT2D eigenvalue weighted by molar-refractivity contribution is 5.10. The van der Waals surface area contributed by atoms with Gasteiger partial charge in [0.2, 0.25) is 0 Å². The van der Waals surface area contributed by atoms with E-state index in [1.54, 1.807) is 17.2 Å². The highest BCUT2D eigenvalue weighted by Gasteiger charge is 2.01. The molecule has 0 amide bonds. The summed E-state index contributed by atoms with van der Waals surface area (Å²) in [5, 5.41) is 4.08. The first-order valence-electron chi connectivity index (χ1n) is 4.46. The summed E-state index contributed by atoms with van der Waals surface area (Å²) < 4.78 is 14.4. The third-order valence-electron chi connectivity index (χ3n) is 1.87. The Kier molecular flexibility index (Phi) is 2.68. The van der Waals surface area contributed by atoms with Crippen molar-refractivity contribution in [3.63, 3.8) is 0 Å². The average molecular weight is 207 g/mol. The molecule has 0 atom stereocenters. The van der Waals surface area contributed by atoms with Crippen LogP contribution in [0.3, 0.4) is 0 Å². The van der Waals surface area contributed by atoms with Gasteiger partial charge in [-0.25, -0.2) is 14.1 Å². The Bertz CT molecular complexity index is 453. The van der Waals surface area contributed by atoms with Crippen molar-refractivity contribution in [3.8, 4) is 0 Å². The number of hydrogen-bond donors (Lipinski definition) is 1. The summed E-state index contributed by atoms with van der Waals surface area (Å²) in [4.78, 5) is 7.71. The average Bonchev–Trinajstić information content (AvgIpc) is 2.65. The van der Waals surface area contributed by atoms with Gasteiger partial charge in [0.05, 0.1) is 19.3 Å². The van der Waals surface area contributed by atoms with Crippen LogP contribution in [0.15, 0.2) is 24.8 Å². The number of nitrogens with zero attached hydrogens (tertiary/aromatic N) is 4. The molecule has 2 rings (SSSR count). The molecule has 0 radical (unpaired) electrons. The van der Waals surface area contributed by atoms with Gasteiger partial charge in [-0.1, -0.05) is 0 Å². The van der Waals surface area contributed by atoms with Crippen LogP contribution >= 0.6 is 0 Å². The van der Waals surface area contributed by atoms with Gasteiger partial charge in [0, 0.05) is 6.20 Å². The van der Waals surface area contributed by atoms with Gasteiger partial charge in [0.1, 0.15) is 12.1 Å². The van der Waals surface area contributed by atoms with E-state index >= 15 is 0 Å². The molecule has 0 aromatic carbocycles. The van der Waals surface area contributed by atoms with Crippen LogP contribution in [0.5, 0.6) is 0 Å². The second kappa shape index (κ2) is 4.14. The molecule has 0 saturated heterocycles. The predicted octanol–water partition coefficient (Wildman–Crippen LogP) is 0.319. The molecule has 2 N–H and O–H groups in total. The van der Waals surface area contributed by atoms with Crippen LogP contribution in [0.2, 0.25) is 0 Å². The van der Waals surface area contributed by atoms with Crippen molar-refractivity contribution in [3.05, 3.63) is 42.0 Å². The molecule has 0 saturated carbocycles. The first-order valence-corrected chi connectivity index (χ1v) is 4.46. The molecule has 0 fully saturated rings. The molecule has 2 heterocycles. The van der Waals surface area contributed by atoms with Crippen LogP contribution in [0.25, 0.3) is 0 Å². The fraction of sp³-hybridized carbons (Fsp3) is 0.222. The Morgan fingerprint density at radius 1 is 1.40 bits per heavy atom. The maximum Gasteiger partial charge on any atom is 0.164 e. The molecular weight excluding hydrogens is 197 g/mol. The smallest absolute Gasteiger partial charge is 0.164 e. The summed E-state index contributed by atoms with van der Waals surface area (Å²) in [5.41, 5.74) is 6.11. The Balaban J connectivity index is 2.14. The predicted molar refractivity (Wildman–Crippen MR) is 51.2 cm³/mol. The molecule has 78 valence electrons. The number of rotatable bonds is 3. The van der Waals surface area contributed by atoms with Gasteiger partial charge in [-0.2, -0.15) is 5.10 Å². The second-order valence-corrected chi connectivity index (χ2v) is 3.07. The van der Waals surface area contributed by atoms with E-state index in [-0.39, 0.29) is 5.82 Å². The molecule has 0 aliphatic carbocycles. The van der Waals surface area contributed by atoms with Gasteiger partial charge in [-0.15, -0.1) is 0 Å². The van der Waals surface area contributed by atoms with Gasteiger partial charge >= 0.3 is 0 Å². The van der Waals surface area contributed by atoms with E-state index in [1.165, 1.54) is 6.07 Å². The first-order chi connectivity index (χ1) is 7.28. The molecule has 2 aromatic rings. The first kappa shape index (κ1) is 9.72. The van der Waals surface area contributed by atoms with Gasteiger partial charge in [0.15, 0.2) is 5.82 Å². The van der Waals surface area contributed by atoms with Crippen LogP contribution in [-0.2, 0) is 13.1 Å². The van der Waals surface area contributed by atoms with Gasteiger partial charge in [-0.05, 0) is 11.6 Å². The summed E-state index contributed by atoms with van der Waals surface area (Å²) in [5.74, 6) is 0.214. The van der Waals surface area contributed by atoms with Crippen molar-refractivity contribution >= 4 is 0 Å². The van der Waals surface area contributed by atoms with E-state index in [1.807, 2.05) is 0 Å². The fourth-order valence-electron chi connectivity index (χ4n) is 1.23. The molecule has 6 heteroatoms. The van der Waals surface area contributed by atoms with Crippen molar-refractivity contribution in [1.29, 1.82) is 0 Å². The normalized spacial score (nSPS) is 10.5. The Morgan fingerprint density at radius 3 is 2.93 bits per heavy atom. The second-order valence-electron chi connectivity index (χ2n) is 3.07. The van der Waals surface area contributed by atoms with E-state index in [2.05, 4.69) is 15.1 Å². The lowest BCUT2D eigenvalue weighted by atomic mass is 10.3. The lowest BCUT2D eigenvalue weighted by Gasteiger charge is -1.99. The molecule has 0 spiro atoms. The van der Waals surface area contributed by atoms with Crippen molar-refractivity contribution < 1.29 is 4.39 Å². The minimum absolute atomic E-state index is 0.300. The third kappa shape index (κ3) is 2.35.